The first kappa shape index (κ1) is 16.5. The van der Waals surface area contributed by atoms with E-state index in [1.54, 1.807) is 13.8 Å². The van der Waals surface area contributed by atoms with E-state index in [4.69, 9.17) is 0 Å². The van der Waals surface area contributed by atoms with Crippen LogP contribution in [0.3, 0.4) is 0 Å². The predicted octanol–water partition coefficient (Wildman–Crippen LogP) is 0.542. The maximum Gasteiger partial charge on any atom is 0.239 e. The third-order valence-corrected chi connectivity index (χ3v) is 5.42. The highest BCUT2D eigenvalue weighted by Crippen LogP contribution is 2.41. The number of nitrogens with zero attached hydrogens (tertiary/aromatic N) is 1. The van der Waals surface area contributed by atoms with Crippen LogP contribution in [0.1, 0.15) is 19.4 Å². The van der Waals surface area contributed by atoms with Crippen molar-refractivity contribution in [2.45, 2.75) is 25.8 Å². The molecule has 0 bridgehead atoms. The van der Waals surface area contributed by atoms with Crippen molar-refractivity contribution in [3.8, 4) is 0 Å². The van der Waals surface area contributed by atoms with Crippen molar-refractivity contribution in [3.05, 3.63) is 35.9 Å². The smallest absolute Gasteiger partial charge is 0.239 e. The van der Waals surface area contributed by atoms with Gasteiger partial charge in [-0.2, -0.15) is 0 Å². The molecule has 0 radical (unpaired) electrons. The minimum Gasteiger partial charge on any atom is -0.350 e. The van der Waals surface area contributed by atoms with Gasteiger partial charge in [-0.25, -0.2) is 8.42 Å². The number of carbonyl (C=O) groups excluding carboxylic acids is 2. The Kier molecular flexibility index (Phi) is 4.28. The van der Waals surface area contributed by atoms with Crippen LogP contribution in [-0.2, 0) is 26.0 Å². The molecule has 0 saturated carbocycles. The zero-order chi connectivity index (χ0) is 16.5. The molecule has 0 spiro atoms. The van der Waals surface area contributed by atoms with Crippen LogP contribution in [-0.4, -0.2) is 43.3 Å². The Morgan fingerprint density at radius 3 is 2.41 bits per heavy atom. The molecule has 2 amide bonds. The van der Waals surface area contributed by atoms with Crippen LogP contribution < -0.4 is 5.32 Å². The molecule has 1 aromatic rings. The minimum absolute atomic E-state index is 0.243. The van der Waals surface area contributed by atoms with Gasteiger partial charge in [-0.1, -0.05) is 30.3 Å². The van der Waals surface area contributed by atoms with Gasteiger partial charge < -0.3 is 10.2 Å². The molecule has 1 aromatic carbocycles. The first-order valence-corrected chi connectivity index (χ1v) is 8.90. The van der Waals surface area contributed by atoms with Crippen LogP contribution in [0.2, 0.25) is 0 Å². The zero-order valence-electron chi connectivity index (χ0n) is 12.9. The molecule has 1 unspecified atom stereocenters. The average molecular weight is 324 g/mol. The molecular formula is C15H20N2O4S. The number of nitrogens with one attached hydrogen (secondary N) is 1. The van der Waals surface area contributed by atoms with Crippen LogP contribution >= 0.6 is 0 Å². The average Bonchev–Trinajstić information content (AvgIpc) is 2.43. The topological polar surface area (TPSA) is 83.6 Å². The molecule has 1 aliphatic heterocycles. The van der Waals surface area contributed by atoms with Gasteiger partial charge >= 0.3 is 0 Å². The normalized spacial score (nSPS) is 20.4. The van der Waals surface area contributed by atoms with Gasteiger partial charge in [-0.15, -0.1) is 0 Å². The second-order valence-electron chi connectivity index (χ2n) is 6.10. The van der Waals surface area contributed by atoms with E-state index in [0.29, 0.717) is 6.54 Å². The highest BCUT2D eigenvalue weighted by Gasteiger charge is 2.59. The van der Waals surface area contributed by atoms with Crippen molar-refractivity contribution in [3.63, 3.8) is 0 Å². The quantitative estimate of drug-likeness (QED) is 0.802. The largest absolute Gasteiger partial charge is 0.350 e. The van der Waals surface area contributed by atoms with E-state index in [1.807, 2.05) is 30.3 Å². The third-order valence-electron chi connectivity index (χ3n) is 3.76. The Bertz CT molecular complexity index is 683. The molecule has 1 aliphatic rings. The Morgan fingerprint density at radius 2 is 1.86 bits per heavy atom. The number of hydrogen-bond donors (Lipinski definition) is 1. The SMILES string of the molecule is CC1(C)C(=O)N(CC(=O)NCc2ccccc2)C1S(C)(=O)=O. The number of hydrogen-bond acceptors (Lipinski definition) is 4. The van der Waals surface area contributed by atoms with E-state index in [2.05, 4.69) is 5.32 Å². The summed E-state index contributed by atoms with van der Waals surface area (Å²) in [7, 11) is -3.44. The van der Waals surface area contributed by atoms with Crippen molar-refractivity contribution in [1.29, 1.82) is 0 Å². The summed E-state index contributed by atoms with van der Waals surface area (Å²) in [6.45, 7) is 3.26. The molecule has 22 heavy (non-hydrogen) atoms. The summed E-state index contributed by atoms with van der Waals surface area (Å²) >= 11 is 0. The predicted molar refractivity (Wildman–Crippen MR) is 82.4 cm³/mol. The van der Waals surface area contributed by atoms with E-state index in [-0.39, 0.29) is 18.4 Å². The third kappa shape index (κ3) is 3.14. The fraction of sp³-hybridized carbons (Fsp3) is 0.467. The second kappa shape index (κ2) is 5.72. The molecule has 1 fully saturated rings. The maximum absolute atomic E-state index is 12.0. The number of carbonyl (C=O) groups is 2. The van der Waals surface area contributed by atoms with Crippen molar-refractivity contribution >= 4 is 21.7 Å². The molecule has 1 heterocycles. The van der Waals surface area contributed by atoms with E-state index in [1.165, 1.54) is 0 Å². The minimum atomic E-state index is -3.44. The first-order valence-electron chi connectivity index (χ1n) is 6.94. The fourth-order valence-corrected chi connectivity index (χ4v) is 4.64. The fourth-order valence-electron chi connectivity index (χ4n) is 2.83. The summed E-state index contributed by atoms with van der Waals surface area (Å²) in [5, 5.41) is 1.74. The van der Waals surface area contributed by atoms with Gasteiger partial charge in [-0.3, -0.25) is 9.59 Å². The molecule has 7 heteroatoms. The second-order valence-corrected chi connectivity index (χ2v) is 8.20. The van der Waals surface area contributed by atoms with Crippen molar-refractivity contribution in [2.75, 3.05) is 12.8 Å². The number of benzene rings is 1. The molecule has 0 aliphatic carbocycles. The summed E-state index contributed by atoms with van der Waals surface area (Å²) in [6, 6.07) is 9.35. The Balaban J connectivity index is 1.98. The number of amides is 2. The Morgan fingerprint density at radius 1 is 1.27 bits per heavy atom. The van der Waals surface area contributed by atoms with Crippen molar-refractivity contribution in [2.24, 2.45) is 5.41 Å². The highest BCUT2D eigenvalue weighted by atomic mass is 32.2. The van der Waals surface area contributed by atoms with Crippen LogP contribution in [0.25, 0.3) is 0 Å². The molecule has 2 rings (SSSR count). The lowest BCUT2D eigenvalue weighted by Crippen LogP contribution is -2.70. The van der Waals surface area contributed by atoms with Crippen LogP contribution in [0.5, 0.6) is 0 Å². The standard InChI is InChI=1S/C15H20N2O4S/c1-15(2)13(19)17(14(15)22(3,20)21)10-12(18)16-9-11-7-5-4-6-8-11/h4-8,14H,9-10H2,1-3H3,(H,16,18). The van der Waals surface area contributed by atoms with Gasteiger partial charge in [0.15, 0.2) is 9.84 Å². The van der Waals surface area contributed by atoms with E-state index >= 15 is 0 Å². The van der Waals surface area contributed by atoms with Crippen LogP contribution in [0.15, 0.2) is 30.3 Å². The molecular weight excluding hydrogens is 304 g/mol. The molecule has 1 N–H and O–H groups in total. The molecule has 0 aromatic heterocycles. The van der Waals surface area contributed by atoms with Gasteiger partial charge in [0.05, 0.1) is 5.41 Å². The summed E-state index contributed by atoms with van der Waals surface area (Å²) in [5.74, 6) is -0.695. The lowest BCUT2D eigenvalue weighted by molar-refractivity contribution is -0.162. The first-order chi connectivity index (χ1) is 10.1. The summed E-state index contributed by atoms with van der Waals surface area (Å²) < 4.78 is 23.6. The lowest BCUT2D eigenvalue weighted by atomic mass is 9.82. The molecule has 1 atom stereocenters. The number of likely N-dealkylation sites (tertiary alicyclic amines) is 1. The van der Waals surface area contributed by atoms with Crippen LogP contribution in [0.4, 0.5) is 0 Å². The number of rotatable bonds is 5. The summed E-state index contributed by atoms with van der Waals surface area (Å²) in [5.41, 5.74) is -0.0430. The maximum atomic E-state index is 12.0. The highest BCUT2D eigenvalue weighted by molar-refractivity contribution is 7.91. The van der Waals surface area contributed by atoms with Gasteiger partial charge in [0.1, 0.15) is 11.9 Å². The number of β-lactam (4-membered cyclic amide) rings is 1. The molecule has 6 nitrogen and oxygen atoms in total. The summed E-state index contributed by atoms with van der Waals surface area (Å²) in [4.78, 5) is 25.1. The number of sulfone groups is 1. The van der Waals surface area contributed by atoms with E-state index in [0.717, 1.165) is 16.7 Å². The van der Waals surface area contributed by atoms with Crippen LogP contribution in [0, 0.1) is 5.41 Å². The summed E-state index contributed by atoms with van der Waals surface area (Å²) in [6.07, 6.45) is 1.08. The molecule has 1 saturated heterocycles. The van der Waals surface area contributed by atoms with Gasteiger partial charge in [0.25, 0.3) is 0 Å². The van der Waals surface area contributed by atoms with Gasteiger partial charge in [0.2, 0.25) is 11.8 Å². The molecule has 120 valence electrons. The van der Waals surface area contributed by atoms with Crippen molar-refractivity contribution < 1.29 is 18.0 Å². The van der Waals surface area contributed by atoms with Crippen molar-refractivity contribution in [1.82, 2.24) is 10.2 Å². The van der Waals surface area contributed by atoms with Gasteiger partial charge in [-0.05, 0) is 19.4 Å². The lowest BCUT2D eigenvalue weighted by Gasteiger charge is -2.51. The van der Waals surface area contributed by atoms with E-state index < -0.39 is 20.6 Å². The van der Waals surface area contributed by atoms with Gasteiger partial charge in [0, 0.05) is 12.8 Å². The van der Waals surface area contributed by atoms with E-state index in [9.17, 15) is 18.0 Å². The zero-order valence-corrected chi connectivity index (χ0v) is 13.7. The monoisotopic (exact) mass is 324 g/mol. The Hall–Kier alpha value is -1.89. The Labute approximate surface area is 130 Å².